The van der Waals surface area contributed by atoms with E-state index in [0.717, 1.165) is 41.7 Å². The van der Waals surface area contributed by atoms with Gasteiger partial charge in [0.05, 0.1) is 6.04 Å². The maximum atomic E-state index is 12.6. The Morgan fingerprint density at radius 2 is 1.85 bits per heavy atom. The quantitative estimate of drug-likeness (QED) is 0.797. The average molecular weight is 381 g/mol. The van der Waals surface area contributed by atoms with Crippen LogP contribution in [-0.2, 0) is 4.79 Å². The number of nitrogens with one attached hydrogen (secondary N) is 1. The minimum atomic E-state index is 0.0116. The Hall–Kier alpha value is -2.27. The van der Waals surface area contributed by atoms with Crippen LogP contribution in [-0.4, -0.2) is 35.1 Å². The van der Waals surface area contributed by atoms with Gasteiger partial charge in [-0.15, -0.1) is 11.8 Å². The molecule has 1 amide bonds. The molecule has 0 radical (unpaired) electrons. The molecule has 0 spiro atoms. The van der Waals surface area contributed by atoms with Crippen LogP contribution >= 0.6 is 11.8 Å². The third-order valence-corrected chi connectivity index (χ3v) is 6.30. The van der Waals surface area contributed by atoms with E-state index in [1.54, 1.807) is 16.7 Å². The van der Waals surface area contributed by atoms with Crippen molar-refractivity contribution in [2.24, 2.45) is 0 Å². The van der Waals surface area contributed by atoms with Crippen LogP contribution < -0.4 is 5.56 Å². The van der Waals surface area contributed by atoms with E-state index >= 15 is 0 Å². The fraction of sp³-hybridized carbons (Fsp3) is 0.364. The number of thioether (sulfide) groups is 1. The highest BCUT2D eigenvalue weighted by molar-refractivity contribution is 7.98. The van der Waals surface area contributed by atoms with E-state index in [4.69, 9.17) is 0 Å². The molecule has 1 aromatic heterocycles. The Balaban J connectivity index is 1.76. The third kappa shape index (κ3) is 3.74. The summed E-state index contributed by atoms with van der Waals surface area (Å²) in [7, 11) is 1.85. The van der Waals surface area contributed by atoms with E-state index in [2.05, 4.69) is 41.6 Å². The first-order valence-corrected chi connectivity index (χ1v) is 10.6. The van der Waals surface area contributed by atoms with Gasteiger partial charge in [-0.2, -0.15) is 0 Å². The Morgan fingerprint density at radius 1 is 1.11 bits per heavy atom. The monoisotopic (exact) mass is 380 g/mol. The van der Waals surface area contributed by atoms with Gasteiger partial charge >= 0.3 is 0 Å². The maximum Gasteiger partial charge on any atom is 0.251 e. The summed E-state index contributed by atoms with van der Waals surface area (Å²) in [6.45, 7) is 0. The van der Waals surface area contributed by atoms with Gasteiger partial charge in [-0.25, -0.2) is 0 Å². The van der Waals surface area contributed by atoms with Crippen LogP contribution in [0, 0.1) is 0 Å². The van der Waals surface area contributed by atoms with Crippen LogP contribution in [0.3, 0.4) is 0 Å². The van der Waals surface area contributed by atoms with Crippen molar-refractivity contribution in [3.63, 3.8) is 0 Å². The number of aromatic nitrogens is 1. The Labute approximate surface area is 163 Å². The lowest BCUT2D eigenvalue weighted by molar-refractivity contribution is -0.127. The lowest BCUT2D eigenvalue weighted by Gasteiger charge is -2.19. The van der Waals surface area contributed by atoms with Crippen molar-refractivity contribution in [1.29, 1.82) is 0 Å². The number of hydrogen-bond donors (Lipinski definition) is 1. The maximum absolute atomic E-state index is 12.6. The summed E-state index contributed by atoms with van der Waals surface area (Å²) in [6.07, 6.45) is 7.78. The van der Waals surface area contributed by atoms with Crippen molar-refractivity contribution in [2.45, 2.75) is 42.5 Å². The molecule has 0 bridgehead atoms. The van der Waals surface area contributed by atoms with E-state index in [1.165, 1.54) is 4.90 Å². The minimum Gasteiger partial charge on any atom is -0.339 e. The van der Waals surface area contributed by atoms with Gasteiger partial charge in [-0.3, -0.25) is 9.59 Å². The molecule has 1 saturated heterocycles. The molecule has 27 heavy (non-hydrogen) atoms. The number of H-pyrrole nitrogens is 1. The minimum absolute atomic E-state index is 0.0116. The van der Waals surface area contributed by atoms with Crippen molar-refractivity contribution < 1.29 is 4.79 Å². The number of nitrogens with zero attached hydrogens (tertiary/aromatic N) is 1. The predicted octanol–water partition coefficient (Wildman–Crippen LogP) is 4.03. The molecule has 1 N–H and O–H groups in total. The molecular weight excluding hydrogens is 356 g/mol. The van der Waals surface area contributed by atoms with E-state index in [-0.39, 0.29) is 17.5 Å². The molecule has 140 valence electrons. The first-order chi connectivity index (χ1) is 13.1. The van der Waals surface area contributed by atoms with Gasteiger partial charge in [0.15, 0.2) is 0 Å². The summed E-state index contributed by atoms with van der Waals surface area (Å²) in [4.78, 5) is 30.6. The molecule has 2 aliphatic rings. The molecular formula is C22H24N2O2S. The Morgan fingerprint density at radius 3 is 2.41 bits per heavy atom. The number of pyridine rings is 1. The standard InChI is InChI=1S/C22H24N2O2S/c1-24-16(7-12-21(24)25)13-19(15-5-8-17(27-2)9-6-15)20-11-10-18(14-3-4-14)22(26)23-20/h5-6,8-11,13-14,16H,3-4,7,12H2,1-2H3,(H,23,26)/t16-/m1/s1. The highest BCUT2D eigenvalue weighted by Crippen LogP contribution is 2.38. The number of carbonyl (C=O) groups excluding carboxylic acids is 1. The van der Waals surface area contributed by atoms with Crippen molar-refractivity contribution in [3.8, 4) is 0 Å². The first kappa shape index (κ1) is 18.1. The molecule has 1 aliphatic heterocycles. The van der Waals surface area contributed by atoms with E-state index in [1.807, 2.05) is 19.2 Å². The normalized spacial score (nSPS) is 20.4. The SMILES string of the molecule is CSc1ccc(C(=C[C@H]2CCC(=O)N2C)c2ccc(C3CC3)c(=O)[nH]2)cc1. The zero-order valence-electron chi connectivity index (χ0n) is 15.7. The van der Waals surface area contributed by atoms with Gasteiger partial charge in [0.1, 0.15) is 0 Å². The summed E-state index contributed by atoms with van der Waals surface area (Å²) in [5.41, 5.74) is 3.75. The van der Waals surface area contributed by atoms with Gasteiger partial charge < -0.3 is 9.88 Å². The van der Waals surface area contributed by atoms with Crippen molar-refractivity contribution in [3.05, 3.63) is 69.6 Å². The summed E-state index contributed by atoms with van der Waals surface area (Å²) in [6, 6.07) is 12.4. The van der Waals surface area contributed by atoms with Crippen LogP contribution in [0.15, 0.2) is 52.2 Å². The van der Waals surface area contributed by atoms with E-state index in [0.29, 0.717) is 12.3 Å². The Bertz CT molecular complexity index is 942. The molecule has 0 unspecified atom stereocenters. The van der Waals surface area contributed by atoms with E-state index < -0.39 is 0 Å². The van der Waals surface area contributed by atoms with Crippen LogP contribution in [0.25, 0.3) is 5.57 Å². The van der Waals surface area contributed by atoms with Crippen molar-refractivity contribution in [1.82, 2.24) is 9.88 Å². The zero-order valence-corrected chi connectivity index (χ0v) is 16.5. The predicted molar refractivity (Wildman–Crippen MR) is 110 cm³/mol. The van der Waals surface area contributed by atoms with Crippen LogP contribution in [0.5, 0.6) is 0 Å². The van der Waals surface area contributed by atoms with Gasteiger partial charge in [-0.1, -0.05) is 24.3 Å². The molecule has 2 aromatic rings. The molecule has 2 fully saturated rings. The number of amides is 1. The number of hydrogen-bond acceptors (Lipinski definition) is 3. The average Bonchev–Trinajstić information content (AvgIpc) is 3.47. The number of likely N-dealkylation sites (tertiary alicyclic amines) is 1. The molecule has 1 atom stereocenters. The molecule has 4 nitrogen and oxygen atoms in total. The fourth-order valence-corrected chi connectivity index (χ4v) is 4.09. The fourth-order valence-electron chi connectivity index (χ4n) is 3.68. The van der Waals surface area contributed by atoms with Crippen LogP contribution in [0.4, 0.5) is 0 Å². The molecule has 5 heteroatoms. The highest BCUT2D eigenvalue weighted by Gasteiger charge is 2.28. The van der Waals surface area contributed by atoms with Gasteiger partial charge in [-0.05, 0) is 55.2 Å². The van der Waals surface area contributed by atoms with Crippen LogP contribution in [0.2, 0.25) is 0 Å². The van der Waals surface area contributed by atoms with Gasteiger partial charge in [0, 0.05) is 35.2 Å². The second-order valence-electron chi connectivity index (χ2n) is 7.35. The molecule has 2 heterocycles. The van der Waals surface area contributed by atoms with Crippen LogP contribution in [0.1, 0.15) is 48.4 Å². The summed E-state index contributed by atoms with van der Waals surface area (Å²) in [5.74, 6) is 0.598. The number of aromatic amines is 1. The highest BCUT2D eigenvalue weighted by atomic mass is 32.2. The summed E-state index contributed by atoms with van der Waals surface area (Å²) < 4.78 is 0. The van der Waals surface area contributed by atoms with Gasteiger partial charge in [0.25, 0.3) is 5.56 Å². The van der Waals surface area contributed by atoms with Crippen molar-refractivity contribution >= 4 is 23.2 Å². The largest absolute Gasteiger partial charge is 0.339 e. The number of benzene rings is 1. The molecule has 4 rings (SSSR count). The summed E-state index contributed by atoms with van der Waals surface area (Å²) >= 11 is 1.70. The molecule has 1 saturated carbocycles. The smallest absolute Gasteiger partial charge is 0.251 e. The lowest BCUT2D eigenvalue weighted by Crippen LogP contribution is -2.27. The topological polar surface area (TPSA) is 53.2 Å². The summed E-state index contributed by atoms with van der Waals surface area (Å²) in [5, 5.41) is 0. The van der Waals surface area contributed by atoms with E-state index in [9.17, 15) is 9.59 Å². The number of likely N-dealkylation sites (N-methyl/N-ethyl adjacent to an activating group) is 1. The number of carbonyl (C=O) groups is 1. The second kappa shape index (κ2) is 7.39. The first-order valence-electron chi connectivity index (χ1n) is 9.42. The van der Waals surface area contributed by atoms with Gasteiger partial charge in [0.2, 0.25) is 5.91 Å². The lowest BCUT2D eigenvalue weighted by atomic mass is 9.98. The molecule has 1 aliphatic carbocycles. The van der Waals surface area contributed by atoms with Crippen molar-refractivity contribution in [2.75, 3.05) is 13.3 Å². The third-order valence-electron chi connectivity index (χ3n) is 5.55. The molecule has 1 aromatic carbocycles. The number of rotatable bonds is 5. The second-order valence-corrected chi connectivity index (χ2v) is 8.23. The zero-order chi connectivity index (χ0) is 19.0. The Kier molecular flexibility index (Phi) is 4.96.